The van der Waals surface area contributed by atoms with Gasteiger partial charge >= 0.3 is 5.69 Å². The lowest BCUT2D eigenvalue weighted by atomic mass is 10.0. The second-order valence-electron chi connectivity index (χ2n) is 4.98. The van der Waals surface area contributed by atoms with Crippen molar-refractivity contribution in [1.82, 2.24) is 14.7 Å². The molecular weight excluding hydrogens is 280 g/mol. The minimum Gasteiger partial charge on any atom is -0.388 e. The zero-order chi connectivity index (χ0) is 15.6. The Morgan fingerprint density at radius 3 is 3.00 bits per heavy atom. The lowest BCUT2D eigenvalue weighted by Crippen LogP contribution is -2.34. The van der Waals surface area contributed by atoms with Gasteiger partial charge in [-0.1, -0.05) is 0 Å². The quantitative estimate of drug-likeness (QED) is 0.368. The van der Waals surface area contributed by atoms with Crippen LogP contribution < -0.4 is 4.91 Å². The summed E-state index contributed by atoms with van der Waals surface area (Å²) in [5.74, 6) is 0. The fraction of sp³-hybridized carbons (Fsp3) is 0.727. The third-order valence-electron chi connectivity index (χ3n) is 3.65. The third kappa shape index (κ3) is 2.97. The van der Waals surface area contributed by atoms with E-state index in [0.29, 0.717) is 18.5 Å². The number of ether oxygens (including phenoxy) is 1. The minimum atomic E-state index is -0.906. The number of aromatic nitrogens is 2. The summed E-state index contributed by atoms with van der Waals surface area (Å²) in [6.45, 7) is 1.66. The molecule has 1 aromatic rings. The Balaban J connectivity index is 2.32. The fourth-order valence-electron chi connectivity index (χ4n) is 2.56. The monoisotopic (exact) mass is 297 g/mol. The number of nitrogens with one attached hydrogen (secondary N) is 1. The SMILES string of the molecule is C[C@H]1O[C@H](c2c([N+](=O)[O-])cnn2C)CC[C@@H](N=[N+]=N)[C@@H]1O. The van der Waals surface area contributed by atoms with Crippen LogP contribution in [0.25, 0.3) is 0 Å². The molecule has 21 heavy (non-hydrogen) atoms. The van der Waals surface area contributed by atoms with Crippen molar-refractivity contribution in [3.63, 3.8) is 0 Å². The normalized spacial score (nSPS) is 29.5. The molecule has 0 unspecified atom stereocenters. The molecule has 0 amide bonds. The van der Waals surface area contributed by atoms with Gasteiger partial charge in [-0.25, -0.2) is 0 Å². The van der Waals surface area contributed by atoms with E-state index in [1.807, 2.05) is 0 Å². The standard InChI is InChI=1S/C11H17N6O4/c1-6-11(18)7(14-15-12)3-4-9(21-6)10-8(17(19)20)5-13-16(10)2/h5-7,9,11-12,18H,3-4H2,1-2H3/q+1/t6-,7-,9+,11-/m1/s1. The molecule has 10 heteroatoms. The number of aliphatic hydroxyl groups excluding tert-OH is 1. The average molecular weight is 297 g/mol. The van der Waals surface area contributed by atoms with Crippen LogP contribution in [0.2, 0.25) is 0 Å². The van der Waals surface area contributed by atoms with E-state index in [0.717, 1.165) is 0 Å². The van der Waals surface area contributed by atoms with Gasteiger partial charge in [0, 0.05) is 7.05 Å². The highest BCUT2D eigenvalue weighted by atomic mass is 16.6. The smallest absolute Gasteiger partial charge is 0.312 e. The van der Waals surface area contributed by atoms with Gasteiger partial charge in [-0.3, -0.25) is 14.8 Å². The van der Waals surface area contributed by atoms with Gasteiger partial charge in [0.05, 0.1) is 11.0 Å². The predicted molar refractivity (Wildman–Crippen MR) is 69.5 cm³/mol. The van der Waals surface area contributed by atoms with E-state index in [4.69, 9.17) is 10.3 Å². The molecular formula is C11H17N6O4+. The number of rotatable bonds is 3. The number of aryl methyl sites for hydroxylation is 1. The minimum absolute atomic E-state index is 0.107. The van der Waals surface area contributed by atoms with Gasteiger partial charge in [-0.05, 0) is 19.8 Å². The molecule has 1 aliphatic heterocycles. The average Bonchev–Trinajstić information content (AvgIpc) is 2.76. The van der Waals surface area contributed by atoms with E-state index in [9.17, 15) is 15.2 Å². The Kier molecular flexibility index (Phi) is 4.41. The molecule has 0 bridgehead atoms. The highest BCUT2D eigenvalue weighted by Gasteiger charge is 2.38. The second-order valence-corrected chi connectivity index (χ2v) is 4.98. The molecule has 0 aromatic carbocycles. The van der Waals surface area contributed by atoms with Crippen LogP contribution in [0.15, 0.2) is 11.3 Å². The Morgan fingerprint density at radius 1 is 1.67 bits per heavy atom. The van der Waals surface area contributed by atoms with Crippen LogP contribution in [0.1, 0.15) is 31.6 Å². The van der Waals surface area contributed by atoms with Crippen LogP contribution in [0, 0.1) is 15.6 Å². The van der Waals surface area contributed by atoms with Crippen molar-refractivity contribution < 1.29 is 14.8 Å². The van der Waals surface area contributed by atoms with Crippen molar-refractivity contribution in [2.75, 3.05) is 0 Å². The first-order valence-electron chi connectivity index (χ1n) is 6.52. The molecule has 2 heterocycles. The Bertz CT molecular complexity index is 581. The topological polar surface area (TPSA) is 141 Å². The largest absolute Gasteiger partial charge is 0.388 e. The van der Waals surface area contributed by atoms with Gasteiger partial charge in [0.2, 0.25) is 4.91 Å². The van der Waals surface area contributed by atoms with Crippen LogP contribution in [0.5, 0.6) is 0 Å². The van der Waals surface area contributed by atoms with Crippen molar-refractivity contribution >= 4 is 5.69 Å². The number of hydrogen-bond acceptors (Lipinski definition) is 7. The summed E-state index contributed by atoms with van der Waals surface area (Å²) in [6.07, 6.45) is -0.0229. The van der Waals surface area contributed by atoms with E-state index in [1.165, 1.54) is 10.9 Å². The van der Waals surface area contributed by atoms with Gasteiger partial charge in [0.25, 0.3) is 0 Å². The summed E-state index contributed by atoms with van der Waals surface area (Å²) in [5, 5.41) is 28.7. The predicted octanol–water partition coefficient (Wildman–Crippen LogP) is 0.848. The number of nitrogens with zero attached hydrogens (tertiary/aromatic N) is 5. The van der Waals surface area contributed by atoms with Crippen molar-refractivity contribution in [2.45, 2.75) is 44.1 Å². The van der Waals surface area contributed by atoms with Gasteiger partial charge < -0.3 is 9.84 Å². The summed E-state index contributed by atoms with van der Waals surface area (Å²) in [4.78, 5) is 13.5. The first-order valence-corrected chi connectivity index (χ1v) is 6.52. The molecule has 4 atom stereocenters. The lowest BCUT2D eigenvalue weighted by Gasteiger charge is -2.21. The second kappa shape index (κ2) is 6.08. The number of nitro groups is 1. The molecule has 10 nitrogen and oxygen atoms in total. The molecule has 0 saturated carbocycles. The zero-order valence-corrected chi connectivity index (χ0v) is 11.7. The van der Waals surface area contributed by atoms with Crippen LogP contribution in [0.3, 0.4) is 0 Å². The molecule has 114 valence electrons. The van der Waals surface area contributed by atoms with Crippen molar-refractivity contribution in [1.29, 1.82) is 5.53 Å². The molecule has 2 N–H and O–H groups in total. The highest BCUT2D eigenvalue weighted by molar-refractivity contribution is 5.35. The lowest BCUT2D eigenvalue weighted by molar-refractivity contribution is -0.386. The van der Waals surface area contributed by atoms with E-state index < -0.39 is 29.3 Å². The maximum Gasteiger partial charge on any atom is 0.312 e. The van der Waals surface area contributed by atoms with Crippen LogP contribution in [0.4, 0.5) is 5.69 Å². The van der Waals surface area contributed by atoms with Crippen molar-refractivity contribution in [3.8, 4) is 0 Å². The van der Waals surface area contributed by atoms with E-state index in [1.54, 1.807) is 14.0 Å². The van der Waals surface area contributed by atoms with Gasteiger partial charge in [0.15, 0.2) is 6.04 Å². The molecule has 0 aliphatic carbocycles. The van der Waals surface area contributed by atoms with E-state index in [2.05, 4.69) is 15.1 Å². The Labute approximate surface area is 120 Å². The number of hydrogen-bond donors (Lipinski definition) is 2. The molecule has 1 aliphatic rings. The van der Waals surface area contributed by atoms with Crippen molar-refractivity contribution in [2.24, 2.45) is 12.2 Å². The first kappa shape index (κ1) is 15.2. The summed E-state index contributed by atoms with van der Waals surface area (Å²) in [5.41, 5.74) is 7.04. The van der Waals surface area contributed by atoms with Gasteiger partial charge in [-0.2, -0.15) is 5.10 Å². The van der Waals surface area contributed by atoms with Gasteiger partial charge in [-0.15, -0.1) is 0 Å². The maximum atomic E-state index is 11.1. The molecule has 1 saturated heterocycles. The first-order chi connectivity index (χ1) is 9.95. The summed E-state index contributed by atoms with van der Waals surface area (Å²) in [7, 11) is 1.61. The summed E-state index contributed by atoms with van der Waals surface area (Å²) < 4.78 is 7.15. The van der Waals surface area contributed by atoms with Crippen molar-refractivity contribution in [3.05, 3.63) is 22.0 Å². The van der Waals surface area contributed by atoms with Gasteiger partial charge in [0.1, 0.15) is 34.7 Å². The molecule has 2 rings (SSSR count). The van der Waals surface area contributed by atoms with Crippen LogP contribution >= 0.6 is 0 Å². The fourth-order valence-corrected chi connectivity index (χ4v) is 2.56. The third-order valence-corrected chi connectivity index (χ3v) is 3.65. The zero-order valence-electron chi connectivity index (χ0n) is 11.7. The molecule has 1 aromatic heterocycles. The molecule has 1 fully saturated rings. The van der Waals surface area contributed by atoms with Crippen LogP contribution in [-0.2, 0) is 11.8 Å². The summed E-state index contributed by atoms with van der Waals surface area (Å²) in [6, 6.07) is -0.546. The molecule has 0 radical (unpaired) electrons. The van der Waals surface area contributed by atoms with E-state index >= 15 is 0 Å². The maximum absolute atomic E-state index is 11.1. The Hall–Kier alpha value is -2.16. The van der Waals surface area contributed by atoms with Crippen LogP contribution in [-0.4, -0.2) is 38.1 Å². The highest BCUT2D eigenvalue weighted by Crippen LogP contribution is 2.35. The van der Waals surface area contributed by atoms with E-state index in [-0.39, 0.29) is 5.69 Å². The number of aliphatic hydroxyl groups is 1. The summed E-state index contributed by atoms with van der Waals surface area (Å²) >= 11 is 0. The Morgan fingerprint density at radius 2 is 2.38 bits per heavy atom. The molecule has 0 spiro atoms.